The summed E-state index contributed by atoms with van der Waals surface area (Å²) in [7, 11) is 0. The highest BCUT2D eigenvalue weighted by Gasteiger charge is 2.18. The topological polar surface area (TPSA) is 26.3 Å². The number of allylic oxidation sites excluding steroid dienone is 4. The van der Waals surface area contributed by atoms with Crippen LogP contribution in [0.25, 0.3) is 5.57 Å². The molecular weight excluding hydrogens is 236 g/mol. The Hall–Kier alpha value is -1.83. The number of carbonyl (C=O) groups excluding carboxylic acids is 1. The Kier molecular flexibility index (Phi) is 3.89. The largest absolute Gasteiger partial charge is 0.461 e. The number of rotatable bonds is 3. The fourth-order valence-electron chi connectivity index (χ4n) is 2.29. The Morgan fingerprint density at radius 2 is 2.05 bits per heavy atom. The van der Waals surface area contributed by atoms with Crippen molar-refractivity contribution < 1.29 is 9.53 Å². The predicted molar refractivity (Wildman–Crippen MR) is 77.4 cm³/mol. The van der Waals surface area contributed by atoms with Crippen molar-refractivity contribution in [3.05, 3.63) is 53.6 Å². The van der Waals surface area contributed by atoms with Crippen LogP contribution < -0.4 is 0 Å². The normalized spacial score (nSPS) is 16.9. The summed E-state index contributed by atoms with van der Waals surface area (Å²) in [4.78, 5) is 11.0. The van der Waals surface area contributed by atoms with Gasteiger partial charge in [-0.15, -0.1) is 0 Å². The summed E-state index contributed by atoms with van der Waals surface area (Å²) in [5, 5.41) is 0. The van der Waals surface area contributed by atoms with Crippen LogP contribution >= 0.6 is 0 Å². The zero-order valence-corrected chi connectivity index (χ0v) is 11.8. The molecule has 0 aliphatic heterocycles. The van der Waals surface area contributed by atoms with E-state index in [0.29, 0.717) is 6.61 Å². The molecule has 1 aromatic rings. The van der Waals surface area contributed by atoms with E-state index in [1.165, 1.54) is 12.5 Å². The average molecular weight is 256 g/mol. The van der Waals surface area contributed by atoms with Crippen LogP contribution in [0.2, 0.25) is 0 Å². The highest BCUT2D eigenvalue weighted by atomic mass is 16.5. The van der Waals surface area contributed by atoms with E-state index in [1.54, 1.807) is 0 Å². The van der Waals surface area contributed by atoms with Gasteiger partial charge in [0.15, 0.2) is 0 Å². The third-order valence-electron chi connectivity index (χ3n) is 3.25. The molecule has 2 rings (SSSR count). The Labute approximate surface area is 114 Å². The van der Waals surface area contributed by atoms with Crippen LogP contribution in [0.15, 0.2) is 42.5 Å². The lowest BCUT2D eigenvalue weighted by Crippen LogP contribution is -2.10. The van der Waals surface area contributed by atoms with Crippen molar-refractivity contribution in [2.24, 2.45) is 5.41 Å². The standard InChI is InChI=1S/C17H20O2/c1-13(18)19-12-15-7-4-5-9-16(15)14-8-6-10-17(2,3)11-14/h4-9,11H,10,12H2,1-3H3. The Morgan fingerprint density at radius 3 is 2.74 bits per heavy atom. The van der Waals surface area contributed by atoms with Gasteiger partial charge in [0.05, 0.1) is 0 Å². The van der Waals surface area contributed by atoms with Crippen molar-refractivity contribution in [3.63, 3.8) is 0 Å². The Bertz CT molecular complexity index is 536. The number of esters is 1. The molecule has 0 N–H and O–H groups in total. The molecule has 1 aromatic carbocycles. The molecule has 0 aromatic heterocycles. The fraction of sp³-hybridized carbons (Fsp3) is 0.353. The number of hydrogen-bond acceptors (Lipinski definition) is 2. The smallest absolute Gasteiger partial charge is 0.302 e. The third-order valence-corrected chi connectivity index (χ3v) is 3.25. The second-order valence-electron chi connectivity index (χ2n) is 5.63. The summed E-state index contributed by atoms with van der Waals surface area (Å²) in [6.45, 7) is 6.22. The average Bonchev–Trinajstić information content (AvgIpc) is 2.35. The lowest BCUT2D eigenvalue weighted by molar-refractivity contribution is -0.142. The molecule has 0 amide bonds. The van der Waals surface area contributed by atoms with Gasteiger partial charge in [0.1, 0.15) is 6.61 Å². The summed E-state index contributed by atoms with van der Waals surface area (Å²) in [5.41, 5.74) is 3.58. The minimum absolute atomic E-state index is 0.179. The van der Waals surface area contributed by atoms with E-state index in [4.69, 9.17) is 4.74 Å². The van der Waals surface area contributed by atoms with Gasteiger partial charge in [-0.3, -0.25) is 4.79 Å². The van der Waals surface area contributed by atoms with Crippen LogP contribution in [0.5, 0.6) is 0 Å². The first-order chi connectivity index (χ1) is 8.98. The molecule has 19 heavy (non-hydrogen) atoms. The van der Waals surface area contributed by atoms with Crippen LogP contribution in [0.1, 0.15) is 38.3 Å². The predicted octanol–water partition coefficient (Wildman–Crippen LogP) is 4.12. The first kappa shape index (κ1) is 13.6. The SMILES string of the molecule is CC(=O)OCc1ccccc1C1=CC(C)(C)CC=C1. The van der Waals surface area contributed by atoms with Gasteiger partial charge in [0.2, 0.25) is 0 Å². The van der Waals surface area contributed by atoms with Crippen LogP contribution in [-0.4, -0.2) is 5.97 Å². The maximum absolute atomic E-state index is 11.0. The minimum Gasteiger partial charge on any atom is -0.461 e. The summed E-state index contributed by atoms with van der Waals surface area (Å²) < 4.78 is 5.12. The van der Waals surface area contributed by atoms with Gasteiger partial charge in [-0.25, -0.2) is 0 Å². The Morgan fingerprint density at radius 1 is 1.32 bits per heavy atom. The first-order valence-electron chi connectivity index (χ1n) is 6.59. The van der Waals surface area contributed by atoms with E-state index in [9.17, 15) is 4.79 Å². The molecule has 0 atom stereocenters. The fourth-order valence-corrected chi connectivity index (χ4v) is 2.29. The highest BCUT2D eigenvalue weighted by molar-refractivity contribution is 5.77. The van der Waals surface area contributed by atoms with Crippen molar-refractivity contribution in [1.82, 2.24) is 0 Å². The van der Waals surface area contributed by atoms with Crippen molar-refractivity contribution in [3.8, 4) is 0 Å². The van der Waals surface area contributed by atoms with Gasteiger partial charge in [-0.2, -0.15) is 0 Å². The van der Waals surface area contributed by atoms with Gasteiger partial charge in [-0.1, -0.05) is 56.3 Å². The van der Waals surface area contributed by atoms with E-state index in [1.807, 2.05) is 18.2 Å². The highest BCUT2D eigenvalue weighted by Crippen LogP contribution is 2.34. The van der Waals surface area contributed by atoms with Gasteiger partial charge < -0.3 is 4.74 Å². The maximum atomic E-state index is 11.0. The van der Waals surface area contributed by atoms with E-state index < -0.39 is 0 Å². The second-order valence-corrected chi connectivity index (χ2v) is 5.63. The zero-order chi connectivity index (χ0) is 13.9. The van der Waals surface area contributed by atoms with Gasteiger partial charge in [0, 0.05) is 6.92 Å². The summed E-state index contributed by atoms with van der Waals surface area (Å²) in [6.07, 6.45) is 7.71. The van der Waals surface area contributed by atoms with Crippen molar-refractivity contribution in [1.29, 1.82) is 0 Å². The van der Waals surface area contributed by atoms with Gasteiger partial charge >= 0.3 is 5.97 Å². The second kappa shape index (κ2) is 5.43. The number of benzene rings is 1. The Balaban J connectivity index is 2.32. The lowest BCUT2D eigenvalue weighted by atomic mass is 9.81. The molecule has 0 saturated carbocycles. The van der Waals surface area contributed by atoms with E-state index in [2.05, 4.69) is 38.1 Å². The molecule has 2 heteroatoms. The van der Waals surface area contributed by atoms with Gasteiger partial charge in [-0.05, 0) is 28.5 Å². The molecule has 1 aliphatic rings. The van der Waals surface area contributed by atoms with E-state index in [-0.39, 0.29) is 11.4 Å². The molecule has 0 saturated heterocycles. The number of ether oxygens (including phenoxy) is 1. The summed E-state index contributed by atoms with van der Waals surface area (Å²) >= 11 is 0. The van der Waals surface area contributed by atoms with Crippen LogP contribution in [-0.2, 0) is 16.1 Å². The minimum atomic E-state index is -0.247. The lowest BCUT2D eigenvalue weighted by Gasteiger charge is -2.24. The quantitative estimate of drug-likeness (QED) is 0.760. The summed E-state index contributed by atoms with van der Waals surface area (Å²) in [5.74, 6) is -0.247. The summed E-state index contributed by atoms with van der Waals surface area (Å²) in [6, 6.07) is 8.08. The van der Waals surface area contributed by atoms with Crippen LogP contribution in [0, 0.1) is 5.41 Å². The first-order valence-corrected chi connectivity index (χ1v) is 6.59. The number of carbonyl (C=O) groups is 1. The van der Waals surface area contributed by atoms with Crippen LogP contribution in [0.3, 0.4) is 0 Å². The van der Waals surface area contributed by atoms with Crippen LogP contribution in [0.4, 0.5) is 0 Å². The molecule has 0 fully saturated rings. The third kappa shape index (κ3) is 3.57. The molecule has 0 spiro atoms. The zero-order valence-electron chi connectivity index (χ0n) is 11.8. The van der Waals surface area contributed by atoms with E-state index >= 15 is 0 Å². The molecule has 0 radical (unpaired) electrons. The number of hydrogen-bond donors (Lipinski definition) is 0. The monoisotopic (exact) mass is 256 g/mol. The molecule has 0 unspecified atom stereocenters. The maximum Gasteiger partial charge on any atom is 0.302 e. The van der Waals surface area contributed by atoms with Crippen molar-refractivity contribution in [2.75, 3.05) is 0 Å². The molecule has 0 heterocycles. The molecule has 2 nitrogen and oxygen atoms in total. The van der Waals surface area contributed by atoms with Crippen molar-refractivity contribution in [2.45, 2.75) is 33.8 Å². The van der Waals surface area contributed by atoms with Crippen molar-refractivity contribution >= 4 is 11.5 Å². The van der Waals surface area contributed by atoms with Gasteiger partial charge in [0.25, 0.3) is 0 Å². The molecule has 1 aliphatic carbocycles. The molecule has 100 valence electrons. The molecular formula is C17H20O2. The molecule has 0 bridgehead atoms. The van der Waals surface area contributed by atoms with E-state index in [0.717, 1.165) is 17.5 Å².